The van der Waals surface area contributed by atoms with Crippen molar-refractivity contribution >= 4 is 11.9 Å². The quantitative estimate of drug-likeness (QED) is 0.666. The number of carboxylic acid groups (broad SMARTS) is 1. The summed E-state index contributed by atoms with van der Waals surface area (Å²) < 4.78 is 9.63. The van der Waals surface area contributed by atoms with E-state index in [1.165, 1.54) is 7.11 Å². The zero-order valence-corrected chi connectivity index (χ0v) is 8.06. The van der Waals surface area contributed by atoms with Gasteiger partial charge in [0.1, 0.15) is 0 Å². The van der Waals surface area contributed by atoms with Gasteiger partial charge in [-0.05, 0) is 6.42 Å². The molecule has 1 aliphatic heterocycles. The molecule has 0 saturated carbocycles. The molecule has 14 heavy (non-hydrogen) atoms. The van der Waals surface area contributed by atoms with Gasteiger partial charge in [-0.1, -0.05) is 0 Å². The van der Waals surface area contributed by atoms with Crippen LogP contribution >= 0.6 is 0 Å². The number of esters is 1. The van der Waals surface area contributed by atoms with Crippen molar-refractivity contribution in [3.63, 3.8) is 0 Å². The average Bonchev–Trinajstić information content (AvgIpc) is 2.18. The molecule has 5 heteroatoms. The summed E-state index contributed by atoms with van der Waals surface area (Å²) in [6.45, 7) is 0.778. The van der Waals surface area contributed by atoms with Gasteiger partial charge in [-0.15, -0.1) is 0 Å². The first kappa shape index (κ1) is 11.0. The highest BCUT2D eigenvalue weighted by molar-refractivity contribution is 5.73. The maximum atomic E-state index is 11.0. The van der Waals surface area contributed by atoms with E-state index in [-0.39, 0.29) is 18.3 Å². The highest BCUT2D eigenvalue weighted by Gasteiger charge is 2.33. The molecule has 80 valence electrons. The number of rotatable bonds is 3. The van der Waals surface area contributed by atoms with Gasteiger partial charge in [0.2, 0.25) is 0 Å². The molecule has 0 unspecified atom stereocenters. The zero-order chi connectivity index (χ0) is 10.6. The second-order valence-electron chi connectivity index (χ2n) is 3.35. The Labute approximate surface area is 82.0 Å². The van der Waals surface area contributed by atoms with Gasteiger partial charge in [-0.3, -0.25) is 9.59 Å². The normalized spacial score (nSPS) is 26.9. The molecule has 0 radical (unpaired) electrons. The van der Waals surface area contributed by atoms with E-state index in [9.17, 15) is 9.59 Å². The molecule has 0 spiro atoms. The smallest absolute Gasteiger partial charge is 0.306 e. The van der Waals surface area contributed by atoms with Gasteiger partial charge in [0.25, 0.3) is 0 Å². The van der Waals surface area contributed by atoms with Gasteiger partial charge in [-0.2, -0.15) is 0 Å². The molecule has 1 aliphatic rings. The summed E-state index contributed by atoms with van der Waals surface area (Å²) in [5, 5.41) is 8.89. The minimum absolute atomic E-state index is 0.119. The lowest BCUT2D eigenvalue weighted by Gasteiger charge is -2.27. The fraction of sp³-hybridized carbons (Fsp3) is 0.778. The first-order valence-corrected chi connectivity index (χ1v) is 4.52. The van der Waals surface area contributed by atoms with Gasteiger partial charge in [0.15, 0.2) is 0 Å². The third kappa shape index (κ3) is 2.70. The summed E-state index contributed by atoms with van der Waals surface area (Å²) >= 11 is 0. The summed E-state index contributed by atoms with van der Waals surface area (Å²) in [7, 11) is 1.29. The van der Waals surface area contributed by atoms with Crippen molar-refractivity contribution in [2.75, 3.05) is 20.3 Å². The van der Waals surface area contributed by atoms with E-state index in [2.05, 4.69) is 4.74 Å². The Bertz CT molecular complexity index is 225. The number of carboxylic acids is 1. The standard InChI is InChI=1S/C9H14O5/c1-13-8(10)4-6-5-14-3-2-7(6)9(11)12/h6-7H,2-5H2,1H3,(H,11,12)/t6-,7+/m0/s1. The first-order chi connectivity index (χ1) is 6.65. The van der Waals surface area contributed by atoms with Crippen LogP contribution in [0.5, 0.6) is 0 Å². The largest absolute Gasteiger partial charge is 0.481 e. The van der Waals surface area contributed by atoms with Crippen molar-refractivity contribution < 1.29 is 24.2 Å². The lowest BCUT2D eigenvalue weighted by Crippen LogP contribution is -2.34. The minimum Gasteiger partial charge on any atom is -0.481 e. The van der Waals surface area contributed by atoms with Crippen molar-refractivity contribution in [1.82, 2.24) is 0 Å². The molecule has 0 amide bonds. The fourth-order valence-electron chi connectivity index (χ4n) is 1.62. The molecule has 2 atom stereocenters. The second-order valence-corrected chi connectivity index (χ2v) is 3.35. The van der Waals surface area contributed by atoms with Crippen LogP contribution in [-0.4, -0.2) is 37.4 Å². The third-order valence-corrected chi connectivity index (χ3v) is 2.45. The minimum atomic E-state index is -0.859. The van der Waals surface area contributed by atoms with Crippen molar-refractivity contribution in [2.45, 2.75) is 12.8 Å². The van der Waals surface area contributed by atoms with E-state index in [1.807, 2.05) is 0 Å². The Hall–Kier alpha value is -1.10. The van der Waals surface area contributed by atoms with E-state index in [4.69, 9.17) is 9.84 Å². The number of carbonyl (C=O) groups is 2. The molecule has 1 rings (SSSR count). The maximum absolute atomic E-state index is 11.0. The average molecular weight is 202 g/mol. The number of hydrogen-bond donors (Lipinski definition) is 1. The fourth-order valence-corrected chi connectivity index (χ4v) is 1.62. The Morgan fingerprint density at radius 1 is 1.57 bits per heavy atom. The predicted octanol–water partition coefficient (Wildman–Crippen LogP) is 0.287. The van der Waals surface area contributed by atoms with E-state index < -0.39 is 11.9 Å². The lowest BCUT2D eigenvalue weighted by atomic mass is 9.86. The molecular formula is C9H14O5. The molecule has 5 nitrogen and oxygen atoms in total. The Kier molecular flexibility index (Phi) is 3.88. The summed E-state index contributed by atoms with van der Waals surface area (Å²) in [6, 6.07) is 0. The Morgan fingerprint density at radius 2 is 2.29 bits per heavy atom. The molecule has 0 aromatic carbocycles. The molecule has 1 heterocycles. The molecule has 1 N–H and O–H groups in total. The number of ether oxygens (including phenoxy) is 2. The zero-order valence-electron chi connectivity index (χ0n) is 8.06. The Morgan fingerprint density at radius 3 is 2.86 bits per heavy atom. The van der Waals surface area contributed by atoms with Crippen LogP contribution in [0.2, 0.25) is 0 Å². The molecule has 1 fully saturated rings. The van der Waals surface area contributed by atoms with Crippen molar-refractivity contribution in [3.05, 3.63) is 0 Å². The van der Waals surface area contributed by atoms with Crippen LogP contribution in [0.25, 0.3) is 0 Å². The van der Waals surface area contributed by atoms with Crippen LogP contribution in [0.4, 0.5) is 0 Å². The van der Waals surface area contributed by atoms with Crippen LogP contribution in [0.3, 0.4) is 0 Å². The van der Waals surface area contributed by atoms with Crippen molar-refractivity contribution in [1.29, 1.82) is 0 Å². The Balaban J connectivity index is 2.54. The predicted molar refractivity (Wildman–Crippen MR) is 46.7 cm³/mol. The molecule has 0 bridgehead atoms. The molecule has 0 aliphatic carbocycles. The van der Waals surface area contributed by atoms with E-state index in [0.717, 1.165) is 0 Å². The van der Waals surface area contributed by atoms with Crippen LogP contribution in [0, 0.1) is 11.8 Å². The van der Waals surface area contributed by atoms with E-state index in [0.29, 0.717) is 19.6 Å². The second kappa shape index (κ2) is 4.95. The lowest BCUT2D eigenvalue weighted by molar-refractivity contribution is -0.152. The van der Waals surface area contributed by atoms with Gasteiger partial charge >= 0.3 is 11.9 Å². The van der Waals surface area contributed by atoms with Crippen LogP contribution < -0.4 is 0 Å². The molecular weight excluding hydrogens is 188 g/mol. The first-order valence-electron chi connectivity index (χ1n) is 4.52. The highest BCUT2D eigenvalue weighted by atomic mass is 16.5. The number of hydrogen-bond acceptors (Lipinski definition) is 4. The summed E-state index contributed by atoms with van der Waals surface area (Å²) in [4.78, 5) is 21.8. The van der Waals surface area contributed by atoms with Crippen LogP contribution in [-0.2, 0) is 19.1 Å². The topological polar surface area (TPSA) is 72.8 Å². The highest BCUT2D eigenvalue weighted by Crippen LogP contribution is 2.25. The number of methoxy groups -OCH3 is 1. The molecule has 0 aromatic heterocycles. The summed E-state index contributed by atoms with van der Waals surface area (Å²) in [5.74, 6) is -1.98. The van der Waals surface area contributed by atoms with Gasteiger partial charge in [-0.25, -0.2) is 0 Å². The third-order valence-electron chi connectivity index (χ3n) is 2.45. The summed E-state index contributed by atoms with van der Waals surface area (Å²) in [6.07, 6.45) is 0.588. The van der Waals surface area contributed by atoms with Gasteiger partial charge in [0.05, 0.1) is 26.1 Å². The molecule has 1 saturated heterocycles. The SMILES string of the molecule is COC(=O)C[C@H]1COCC[C@H]1C(=O)O. The van der Waals surface area contributed by atoms with E-state index >= 15 is 0 Å². The number of carbonyl (C=O) groups excluding carboxylic acids is 1. The molecule has 0 aromatic rings. The van der Waals surface area contributed by atoms with Crippen LogP contribution in [0.15, 0.2) is 0 Å². The monoisotopic (exact) mass is 202 g/mol. The van der Waals surface area contributed by atoms with Crippen molar-refractivity contribution in [2.24, 2.45) is 11.8 Å². The number of aliphatic carboxylic acids is 1. The van der Waals surface area contributed by atoms with Crippen molar-refractivity contribution in [3.8, 4) is 0 Å². The van der Waals surface area contributed by atoms with Gasteiger partial charge in [0, 0.05) is 12.5 Å². The van der Waals surface area contributed by atoms with Gasteiger partial charge < -0.3 is 14.6 Å². The summed E-state index contributed by atoms with van der Waals surface area (Å²) in [5.41, 5.74) is 0. The maximum Gasteiger partial charge on any atom is 0.306 e. The van der Waals surface area contributed by atoms with E-state index in [1.54, 1.807) is 0 Å². The van der Waals surface area contributed by atoms with Crippen LogP contribution in [0.1, 0.15) is 12.8 Å².